The zero-order valence-electron chi connectivity index (χ0n) is 11.8. The smallest absolute Gasteiger partial charge is 0.271 e. The molecule has 6 heteroatoms. The van der Waals surface area contributed by atoms with E-state index in [1.807, 2.05) is 21.0 Å². The number of pyridine rings is 1. The lowest BCUT2D eigenvalue weighted by molar-refractivity contribution is 0.0932. The molecule has 0 spiro atoms. The number of nitrogens with zero attached hydrogens (tertiary/aromatic N) is 2. The van der Waals surface area contributed by atoms with Crippen molar-refractivity contribution in [2.75, 3.05) is 33.0 Å². The Balaban J connectivity index is 2.67. The standard InChI is InChI=1S/C13H21ClN4O/c1-9(7-8-18(3)4)16-13(19)12-10(14)5-6-11(15-2)17-12/h5-6,9H,7-8H2,1-4H3,(H,15,17)(H,16,19). The molecular formula is C13H21ClN4O. The SMILES string of the molecule is CNc1ccc(Cl)c(C(=O)NC(C)CCN(C)C)n1. The van der Waals surface area contributed by atoms with Crippen LogP contribution in [-0.4, -0.2) is 49.5 Å². The molecule has 1 aromatic rings. The van der Waals surface area contributed by atoms with E-state index in [1.54, 1.807) is 19.2 Å². The van der Waals surface area contributed by atoms with Crippen molar-refractivity contribution in [1.29, 1.82) is 0 Å². The fraction of sp³-hybridized carbons (Fsp3) is 0.538. The second-order valence-corrected chi connectivity index (χ2v) is 5.15. The van der Waals surface area contributed by atoms with E-state index in [1.165, 1.54) is 0 Å². The molecule has 1 heterocycles. The van der Waals surface area contributed by atoms with Crippen LogP contribution in [0.2, 0.25) is 5.02 Å². The second-order valence-electron chi connectivity index (χ2n) is 4.74. The molecule has 0 aromatic carbocycles. The predicted octanol–water partition coefficient (Wildman–Crippen LogP) is 1.85. The third-order valence-electron chi connectivity index (χ3n) is 2.70. The minimum Gasteiger partial charge on any atom is -0.373 e. The van der Waals surface area contributed by atoms with Crippen molar-refractivity contribution in [3.05, 3.63) is 22.8 Å². The van der Waals surface area contributed by atoms with Crippen LogP contribution in [0.3, 0.4) is 0 Å². The first-order valence-corrected chi connectivity index (χ1v) is 6.61. The highest BCUT2D eigenvalue weighted by Gasteiger charge is 2.15. The summed E-state index contributed by atoms with van der Waals surface area (Å²) in [4.78, 5) is 18.3. The summed E-state index contributed by atoms with van der Waals surface area (Å²) in [6.45, 7) is 2.89. The third kappa shape index (κ3) is 5.04. The number of nitrogens with one attached hydrogen (secondary N) is 2. The monoisotopic (exact) mass is 284 g/mol. The van der Waals surface area contributed by atoms with Gasteiger partial charge in [0.25, 0.3) is 5.91 Å². The molecule has 106 valence electrons. The van der Waals surface area contributed by atoms with E-state index in [0.717, 1.165) is 13.0 Å². The number of halogens is 1. The van der Waals surface area contributed by atoms with E-state index in [4.69, 9.17) is 11.6 Å². The van der Waals surface area contributed by atoms with Crippen LogP contribution in [0.4, 0.5) is 5.82 Å². The number of amides is 1. The Labute approximate surface area is 119 Å². The molecule has 1 rings (SSSR count). The van der Waals surface area contributed by atoms with Gasteiger partial charge in [0.2, 0.25) is 0 Å². The van der Waals surface area contributed by atoms with Crippen molar-refractivity contribution in [2.45, 2.75) is 19.4 Å². The van der Waals surface area contributed by atoms with Gasteiger partial charge in [0, 0.05) is 13.1 Å². The molecule has 1 atom stereocenters. The maximum atomic E-state index is 12.1. The molecule has 5 nitrogen and oxygen atoms in total. The largest absolute Gasteiger partial charge is 0.373 e. The molecule has 2 N–H and O–H groups in total. The lowest BCUT2D eigenvalue weighted by Crippen LogP contribution is -2.35. The van der Waals surface area contributed by atoms with E-state index >= 15 is 0 Å². The minimum absolute atomic E-state index is 0.0750. The van der Waals surface area contributed by atoms with Crippen LogP contribution in [-0.2, 0) is 0 Å². The normalized spacial score (nSPS) is 12.3. The Morgan fingerprint density at radius 1 is 1.47 bits per heavy atom. The second kappa shape index (κ2) is 7.31. The van der Waals surface area contributed by atoms with Gasteiger partial charge in [-0.3, -0.25) is 4.79 Å². The average Bonchev–Trinajstić information content (AvgIpc) is 2.36. The molecule has 0 aliphatic carbocycles. The summed E-state index contributed by atoms with van der Waals surface area (Å²) in [5.41, 5.74) is 0.255. The van der Waals surface area contributed by atoms with Gasteiger partial charge >= 0.3 is 0 Å². The summed E-state index contributed by atoms with van der Waals surface area (Å²) < 4.78 is 0. The maximum absolute atomic E-state index is 12.1. The van der Waals surface area contributed by atoms with Crippen molar-refractivity contribution in [2.24, 2.45) is 0 Å². The van der Waals surface area contributed by atoms with Crippen molar-refractivity contribution in [3.63, 3.8) is 0 Å². The summed E-state index contributed by atoms with van der Waals surface area (Å²) in [6.07, 6.45) is 0.877. The van der Waals surface area contributed by atoms with Gasteiger partial charge in [-0.1, -0.05) is 11.6 Å². The van der Waals surface area contributed by atoms with Crippen LogP contribution in [0, 0.1) is 0 Å². The van der Waals surface area contributed by atoms with E-state index in [-0.39, 0.29) is 17.6 Å². The number of rotatable bonds is 6. The molecule has 0 fully saturated rings. The highest BCUT2D eigenvalue weighted by Crippen LogP contribution is 2.16. The first kappa shape index (κ1) is 15.7. The fourth-order valence-corrected chi connectivity index (χ4v) is 1.75. The summed E-state index contributed by atoms with van der Waals surface area (Å²) in [5.74, 6) is 0.379. The van der Waals surface area contributed by atoms with Crippen LogP contribution in [0.25, 0.3) is 0 Å². The van der Waals surface area contributed by atoms with Gasteiger partial charge in [0.1, 0.15) is 11.5 Å². The number of aromatic nitrogens is 1. The molecule has 1 unspecified atom stereocenters. The molecule has 1 amide bonds. The van der Waals surface area contributed by atoms with E-state index in [2.05, 4.69) is 20.5 Å². The topological polar surface area (TPSA) is 57.3 Å². The first-order valence-electron chi connectivity index (χ1n) is 6.24. The van der Waals surface area contributed by atoms with Crippen LogP contribution in [0.15, 0.2) is 12.1 Å². The lowest BCUT2D eigenvalue weighted by Gasteiger charge is -2.17. The lowest BCUT2D eigenvalue weighted by atomic mass is 10.2. The molecule has 1 aromatic heterocycles. The predicted molar refractivity (Wildman–Crippen MR) is 78.9 cm³/mol. The van der Waals surface area contributed by atoms with Gasteiger partial charge in [-0.25, -0.2) is 4.98 Å². The van der Waals surface area contributed by atoms with Crippen molar-refractivity contribution < 1.29 is 4.79 Å². The minimum atomic E-state index is -0.242. The molecule has 0 saturated carbocycles. The van der Waals surface area contributed by atoms with Gasteiger partial charge in [0.05, 0.1) is 5.02 Å². The quantitative estimate of drug-likeness (QED) is 0.837. The van der Waals surface area contributed by atoms with Crippen molar-refractivity contribution in [1.82, 2.24) is 15.2 Å². The average molecular weight is 285 g/mol. The van der Waals surface area contributed by atoms with Crippen molar-refractivity contribution in [3.8, 4) is 0 Å². The van der Waals surface area contributed by atoms with Gasteiger partial charge in [-0.15, -0.1) is 0 Å². The van der Waals surface area contributed by atoms with E-state index < -0.39 is 0 Å². The number of anilines is 1. The maximum Gasteiger partial charge on any atom is 0.271 e. The fourth-order valence-electron chi connectivity index (χ4n) is 1.56. The summed E-state index contributed by atoms with van der Waals surface area (Å²) in [5, 5.41) is 6.15. The van der Waals surface area contributed by atoms with Gasteiger partial charge in [0.15, 0.2) is 0 Å². The van der Waals surface area contributed by atoms with Gasteiger partial charge < -0.3 is 15.5 Å². The Hall–Kier alpha value is -1.33. The van der Waals surface area contributed by atoms with Gasteiger partial charge in [-0.2, -0.15) is 0 Å². The summed E-state index contributed by atoms with van der Waals surface area (Å²) in [7, 11) is 5.75. The van der Waals surface area contributed by atoms with Crippen molar-refractivity contribution >= 4 is 23.3 Å². The number of carbonyl (C=O) groups is 1. The zero-order valence-corrected chi connectivity index (χ0v) is 12.6. The highest BCUT2D eigenvalue weighted by atomic mass is 35.5. The Morgan fingerprint density at radius 2 is 2.16 bits per heavy atom. The number of hydrogen-bond acceptors (Lipinski definition) is 4. The first-order chi connectivity index (χ1) is 8.93. The number of carbonyl (C=O) groups excluding carboxylic acids is 1. The van der Waals surface area contributed by atoms with Crippen LogP contribution < -0.4 is 10.6 Å². The van der Waals surface area contributed by atoms with Crippen LogP contribution >= 0.6 is 11.6 Å². The molecular weight excluding hydrogens is 264 g/mol. The van der Waals surface area contributed by atoms with E-state index in [0.29, 0.717) is 10.8 Å². The van der Waals surface area contributed by atoms with Gasteiger partial charge in [-0.05, 0) is 46.1 Å². The molecule has 0 aliphatic rings. The Kier molecular flexibility index (Phi) is 6.05. The Bertz CT molecular complexity index is 437. The summed E-state index contributed by atoms with van der Waals surface area (Å²) >= 11 is 6.00. The molecule has 0 bridgehead atoms. The molecule has 19 heavy (non-hydrogen) atoms. The molecule has 0 aliphatic heterocycles. The molecule has 0 saturated heterocycles. The Morgan fingerprint density at radius 3 is 2.74 bits per heavy atom. The third-order valence-corrected chi connectivity index (χ3v) is 3.01. The summed E-state index contributed by atoms with van der Waals surface area (Å²) in [6, 6.07) is 3.47. The van der Waals surface area contributed by atoms with E-state index in [9.17, 15) is 4.79 Å². The number of hydrogen-bond donors (Lipinski definition) is 2. The van der Waals surface area contributed by atoms with Crippen LogP contribution in [0.5, 0.6) is 0 Å². The molecule has 0 radical (unpaired) electrons. The highest BCUT2D eigenvalue weighted by molar-refractivity contribution is 6.33. The van der Waals surface area contributed by atoms with Crippen LogP contribution in [0.1, 0.15) is 23.8 Å². The zero-order chi connectivity index (χ0) is 14.4.